The third-order valence-electron chi connectivity index (χ3n) is 3.25. The summed E-state index contributed by atoms with van der Waals surface area (Å²) in [6, 6.07) is 10.2. The lowest BCUT2D eigenvalue weighted by molar-refractivity contribution is 0.0943. The fourth-order valence-electron chi connectivity index (χ4n) is 2.21. The maximum Gasteiger partial charge on any atom is 0.251 e. The normalized spacial score (nSPS) is 12.2. The van der Waals surface area contributed by atoms with Crippen LogP contribution in [-0.4, -0.2) is 11.9 Å². The maximum absolute atomic E-state index is 11.9. The van der Waals surface area contributed by atoms with E-state index in [0.717, 1.165) is 5.69 Å². The number of benzene rings is 1. The zero-order chi connectivity index (χ0) is 15.4. The van der Waals surface area contributed by atoms with E-state index in [1.165, 1.54) is 10.4 Å². The van der Waals surface area contributed by atoms with Crippen molar-refractivity contribution in [1.82, 2.24) is 5.32 Å². The molecule has 0 radical (unpaired) electrons. The van der Waals surface area contributed by atoms with Crippen molar-refractivity contribution in [3.05, 3.63) is 51.7 Å². The zero-order valence-electron chi connectivity index (χ0n) is 12.9. The Hall–Kier alpha value is -1.81. The van der Waals surface area contributed by atoms with E-state index < -0.39 is 0 Å². The number of nitrogens with one attached hydrogen (secondary N) is 2. The van der Waals surface area contributed by atoms with Crippen LogP contribution in [0.4, 0.5) is 5.69 Å². The predicted molar refractivity (Wildman–Crippen MR) is 90.1 cm³/mol. The molecule has 1 heterocycles. The highest BCUT2D eigenvalue weighted by Gasteiger charge is 2.10. The summed E-state index contributed by atoms with van der Waals surface area (Å²) in [5.74, 6) is -0.0290. The highest BCUT2D eigenvalue weighted by atomic mass is 32.1. The second-order valence-electron chi connectivity index (χ2n) is 5.54. The van der Waals surface area contributed by atoms with Gasteiger partial charge in [-0.3, -0.25) is 4.79 Å². The van der Waals surface area contributed by atoms with Gasteiger partial charge >= 0.3 is 0 Å². The number of anilines is 1. The Morgan fingerprint density at radius 2 is 1.76 bits per heavy atom. The molecule has 1 atom stereocenters. The molecule has 112 valence electrons. The quantitative estimate of drug-likeness (QED) is 0.861. The van der Waals surface area contributed by atoms with E-state index in [1.54, 1.807) is 11.3 Å². The van der Waals surface area contributed by atoms with Crippen molar-refractivity contribution in [3.63, 3.8) is 0 Å². The first kappa shape index (κ1) is 15.6. The number of carbonyl (C=O) groups excluding carboxylic acids is 1. The lowest BCUT2D eigenvalue weighted by Gasteiger charge is -2.15. The number of rotatable bonds is 5. The average molecular weight is 302 g/mol. The molecule has 2 rings (SSSR count). The van der Waals surface area contributed by atoms with Crippen LogP contribution in [0.1, 0.15) is 47.6 Å². The minimum Gasteiger partial charge on any atom is -0.378 e. The fourth-order valence-corrected chi connectivity index (χ4v) is 3.14. The molecular formula is C17H22N2OS. The molecule has 21 heavy (non-hydrogen) atoms. The van der Waals surface area contributed by atoms with Crippen molar-refractivity contribution in [1.29, 1.82) is 0 Å². The molecule has 0 fully saturated rings. The van der Waals surface area contributed by atoms with E-state index in [-0.39, 0.29) is 18.0 Å². The highest BCUT2D eigenvalue weighted by Crippen LogP contribution is 2.26. The summed E-state index contributed by atoms with van der Waals surface area (Å²) in [7, 11) is 0. The van der Waals surface area contributed by atoms with Gasteiger partial charge in [0.1, 0.15) is 0 Å². The van der Waals surface area contributed by atoms with Gasteiger partial charge in [-0.1, -0.05) is 0 Å². The van der Waals surface area contributed by atoms with Gasteiger partial charge in [-0.05, 0) is 69.0 Å². The minimum atomic E-state index is -0.0290. The molecule has 1 unspecified atom stereocenters. The van der Waals surface area contributed by atoms with Crippen molar-refractivity contribution in [2.75, 3.05) is 5.32 Å². The monoisotopic (exact) mass is 302 g/mol. The van der Waals surface area contributed by atoms with Crippen LogP contribution < -0.4 is 10.6 Å². The molecule has 1 aromatic carbocycles. The number of aryl methyl sites for hydroxylation is 1. The van der Waals surface area contributed by atoms with Crippen molar-refractivity contribution < 1.29 is 4.79 Å². The summed E-state index contributed by atoms with van der Waals surface area (Å²) in [5, 5.41) is 8.48. The Bertz CT molecular complexity index is 602. The second kappa shape index (κ2) is 6.76. The first-order valence-corrected chi connectivity index (χ1v) is 8.07. The van der Waals surface area contributed by atoms with Gasteiger partial charge in [0.15, 0.2) is 0 Å². The van der Waals surface area contributed by atoms with Crippen LogP contribution in [0.2, 0.25) is 0 Å². The molecule has 4 heteroatoms. The van der Waals surface area contributed by atoms with Gasteiger partial charge in [-0.2, -0.15) is 0 Å². The zero-order valence-corrected chi connectivity index (χ0v) is 13.8. The molecule has 0 saturated carbocycles. The predicted octanol–water partition coefficient (Wildman–Crippen LogP) is 4.37. The Balaban J connectivity index is 2.03. The Kier molecular flexibility index (Phi) is 5.02. The topological polar surface area (TPSA) is 41.1 Å². The first-order valence-electron chi connectivity index (χ1n) is 7.19. The standard InChI is InChI=1S/C17H22N2OS/c1-11(2)18-17(20)14-5-7-15(8-6-14)19-13(4)16-12(3)9-10-21-16/h5-11,13,19H,1-4H3,(H,18,20). The summed E-state index contributed by atoms with van der Waals surface area (Å²) in [5.41, 5.74) is 3.03. The minimum absolute atomic E-state index is 0.0290. The van der Waals surface area contributed by atoms with Crippen molar-refractivity contribution in [3.8, 4) is 0 Å². The van der Waals surface area contributed by atoms with Crippen LogP contribution in [0.5, 0.6) is 0 Å². The summed E-state index contributed by atoms with van der Waals surface area (Å²) in [6.45, 7) is 8.19. The maximum atomic E-state index is 11.9. The number of amides is 1. The van der Waals surface area contributed by atoms with Crippen LogP contribution >= 0.6 is 11.3 Å². The third kappa shape index (κ3) is 4.08. The van der Waals surface area contributed by atoms with Crippen molar-refractivity contribution in [2.45, 2.75) is 39.8 Å². The number of hydrogen-bond acceptors (Lipinski definition) is 3. The molecule has 0 spiro atoms. The summed E-state index contributed by atoms with van der Waals surface area (Å²) in [4.78, 5) is 13.2. The van der Waals surface area contributed by atoms with Gasteiger partial charge < -0.3 is 10.6 Å². The first-order chi connectivity index (χ1) is 9.97. The number of carbonyl (C=O) groups is 1. The van der Waals surface area contributed by atoms with Gasteiger partial charge in [0.2, 0.25) is 0 Å². The van der Waals surface area contributed by atoms with Crippen LogP contribution in [-0.2, 0) is 0 Å². The van der Waals surface area contributed by atoms with Gasteiger partial charge in [-0.15, -0.1) is 11.3 Å². The molecule has 0 aliphatic carbocycles. The molecule has 2 N–H and O–H groups in total. The van der Waals surface area contributed by atoms with Crippen molar-refractivity contribution in [2.24, 2.45) is 0 Å². The molecule has 1 amide bonds. The van der Waals surface area contributed by atoms with E-state index in [2.05, 4.69) is 35.9 Å². The fraction of sp³-hybridized carbons (Fsp3) is 0.353. The molecule has 2 aromatic rings. The lowest BCUT2D eigenvalue weighted by Crippen LogP contribution is -2.29. The molecular weight excluding hydrogens is 280 g/mol. The van der Waals surface area contributed by atoms with Gasteiger partial charge in [0.05, 0.1) is 6.04 Å². The summed E-state index contributed by atoms with van der Waals surface area (Å²) < 4.78 is 0. The molecule has 0 bridgehead atoms. The third-order valence-corrected chi connectivity index (χ3v) is 4.45. The average Bonchev–Trinajstić information content (AvgIpc) is 2.85. The van der Waals surface area contributed by atoms with Gasteiger partial charge in [0, 0.05) is 22.2 Å². The Labute approximate surface area is 130 Å². The van der Waals surface area contributed by atoms with Gasteiger partial charge in [-0.25, -0.2) is 0 Å². The Morgan fingerprint density at radius 1 is 1.10 bits per heavy atom. The van der Waals surface area contributed by atoms with Crippen LogP contribution in [0.25, 0.3) is 0 Å². The molecule has 1 aromatic heterocycles. The van der Waals surface area contributed by atoms with E-state index >= 15 is 0 Å². The smallest absolute Gasteiger partial charge is 0.251 e. The molecule has 0 saturated heterocycles. The number of thiophene rings is 1. The SMILES string of the molecule is Cc1ccsc1C(C)Nc1ccc(C(=O)NC(C)C)cc1. The lowest BCUT2D eigenvalue weighted by atomic mass is 10.1. The summed E-state index contributed by atoms with van der Waals surface area (Å²) >= 11 is 1.77. The van der Waals surface area contributed by atoms with Gasteiger partial charge in [0.25, 0.3) is 5.91 Å². The largest absolute Gasteiger partial charge is 0.378 e. The van der Waals surface area contributed by atoms with E-state index in [1.807, 2.05) is 38.1 Å². The van der Waals surface area contributed by atoms with E-state index in [9.17, 15) is 4.79 Å². The Morgan fingerprint density at radius 3 is 2.29 bits per heavy atom. The summed E-state index contributed by atoms with van der Waals surface area (Å²) in [6.07, 6.45) is 0. The van der Waals surface area contributed by atoms with Crippen LogP contribution in [0.15, 0.2) is 35.7 Å². The highest BCUT2D eigenvalue weighted by molar-refractivity contribution is 7.10. The van der Waals surface area contributed by atoms with E-state index in [0.29, 0.717) is 5.56 Å². The van der Waals surface area contributed by atoms with E-state index in [4.69, 9.17) is 0 Å². The van der Waals surface area contributed by atoms with Crippen molar-refractivity contribution >= 4 is 22.9 Å². The van der Waals surface area contributed by atoms with Crippen LogP contribution in [0, 0.1) is 6.92 Å². The number of hydrogen-bond donors (Lipinski definition) is 2. The second-order valence-corrected chi connectivity index (χ2v) is 6.49. The molecule has 3 nitrogen and oxygen atoms in total. The molecule has 0 aliphatic heterocycles. The van der Waals surface area contributed by atoms with Crippen LogP contribution in [0.3, 0.4) is 0 Å². The molecule has 0 aliphatic rings.